The maximum atomic E-state index is 12.2. The molecule has 0 unspecified atom stereocenters. The van der Waals surface area contributed by atoms with Gasteiger partial charge in [-0.3, -0.25) is 4.79 Å². The maximum Gasteiger partial charge on any atom is 0.254 e. The quantitative estimate of drug-likeness (QED) is 0.942. The Morgan fingerprint density at radius 1 is 1.19 bits per heavy atom. The number of hydrogen-bond donors (Lipinski definition) is 1. The van der Waals surface area contributed by atoms with Gasteiger partial charge in [0.2, 0.25) is 0 Å². The summed E-state index contributed by atoms with van der Waals surface area (Å²) < 4.78 is 1.69. The van der Waals surface area contributed by atoms with Gasteiger partial charge >= 0.3 is 0 Å². The number of nitrogens with zero attached hydrogens (tertiary/aromatic N) is 2. The highest BCUT2D eigenvalue weighted by Crippen LogP contribution is 2.18. The third-order valence-corrected chi connectivity index (χ3v) is 4.13. The van der Waals surface area contributed by atoms with Crippen LogP contribution >= 0.6 is 11.6 Å². The number of nitrogens with one attached hydrogen (secondary N) is 1. The molecule has 1 aliphatic rings. The summed E-state index contributed by atoms with van der Waals surface area (Å²) in [5.74, 6) is -0.0397. The van der Waals surface area contributed by atoms with E-state index in [1.54, 1.807) is 29.2 Å². The zero-order valence-corrected chi connectivity index (χ0v) is 12.5. The second-order valence-electron chi connectivity index (χ2n) is 5.46. The Balaban J connectivity index is 1.69. The van der Waals surface area contributed by atoms with Crippen molar-refractivity contribution in [2.45, 2.75) is 38.1 Å². The van der Waals surface area contributed by atoms with E-state index < -0.39 is 0 Å². The Hall–Kier alpha value is -1.81. The van der Waals surface area contributed by atoms with Gasteiger partial charge in [-0.15, -0.1) is 0 Å². The molecule has 0 aliphatic heterocycles. The molecule has 3 rings (SSSR count). The predicted octanol–water partition coefficient (Wildman–Crippen LogP) is 3.59. The summed E-state index contributed by atoms with van der Waals surface area (Å²) >= 11 is 5.87. The third-order valence-electron chi connectivity index (χ3n) is 3.88. The van der Waals surface area contributed by atoms with E-state index in [0.717, 1.165) is 18.5 Å². The lowest BCUT2D eigenvalue weighted by Gasteiger charge is -2.22. The predicted molar refractivity (Wildman–Crippen MR) is 82.9 cm³/mol. The van der Waals surface area contributed by atoms with E-state index in [4.69, 9.17) is 11.6 Å². The minimum atomic E-state index is -0.0397. The number of carbonyl (C=O) groups is 1. The van der Waals surface area contributed by atoms with E-state index in [0.29, 0.717) is 16.6 Å². The average molecular weight is 304 g/mol. The van der Waals surface area contributed by atoms with Crippen molar-refractivity contribution < 1.29 is 4.79 Å². The molecule has 110 valence electrons. The molecule has 1 heterocycles. The number of benzene rings is 1. The Kier molecular flexibility index (Phi) is 4.25. The van der Waals surface area contributed by atoms with Crippen LogP contribution < -0.4 is 5.32 Å². The maximum absolute atomic E-state index is 12.2. The lowest BCUT2D eigenvalue weighted by atomic mass is 9.95. The van der Waals surface area contributed by atoms with Crippen LogP contribution in [0.2, 0.25) is 5.02 Å². The van der Waals surface area contributed by atoms with Crippen LogP contribution in [0.25, 0.3) is 5.69 Å². The molecule has 0 bridgehead atoms. The van der Waals surface area contributed by atoms with Gasteiger partial charge in [0.1, 0.15) is 0 Å². The van der Waals surface area contributed by atoms with Crippen LogP contribution in [0.4, 0.5) is 0 Å². The van der Waals surface area contributed by atoms with Crippen LogP contribution in [0.5, 0.6) is 0 Å². The number of halogens is 1. The average Bonchev–Trinajstić information content (AvgIpc) is 2.99. The third kappa shape index (κ3) is 3.45. The zero-order valence-electron chi connectivity index (χ0n) is 11.8. The van der Waals surface area contributed by atoms with Crippen LogP contribution in [-0.2, 0) is 0 Å². The molecule has 1 aliphatic carbocycles. The number of rotatable bonds is 3. The smallest absolute Gasteiger partial charge is 0.254 e. The summed E-state index contributed by atoms with van der Waals surface area (Å²) in [6.45, 7) is 0. The van der Waals surface area contributed by atoms with Crippen LogP contribution in [0.1, 0.15) is 42.5 Å². The first-order valence-corrected chi connectivity index (χ1v) is 7.71. The van der Waals surface area contributed by atoms with Crippen molar-refractivity contribution in [1.29, 1.82) is 0 Å². The van der Waals surface area contributed by atoms with Crippen molar-refractivity contribution in [1.82, 2.24) is 15.1 Å². The van der Waals surface area contributed by atoms with Gasteiger partial charge in [0.15, 0.2) is 0 Å². The summed E-state index contributed by atoms with van der Waals surface area (Å²) in [5, 5.41) is 8.02. The van der Waals surface area contributed by atoms with Gasteiger partial charge in [-0.2, -0.15) is 5.10 Å². The molecule has 2 aromatic rings. The second-order valence-corrected chi connectivity index (χ2v) is 5.89. The Labute approximate surface area is 129 Å². The van der Waals surface area contributed by atoms with Crippen LogP contribution in [0.3, 0.4) is 0 Å². The summed E-state index contributed by atoms with van der Waals surface area (Å²) in [6.07, 6.45) is 9.20. The molecule has 1 N–H and O–H groups in total. The SMILES string of the molecule is O=C(NC1CCCCC1)c1cnn(-c2ccc(Cl)cc2)c1. The fourth-order valence-corrected chi connectivity index (χ4v) is 2.82. The van der Waals surface area contributed by atoms with Gasteiger partial charge in [-0.25, -0.2) is 4.68 Å². The van der Waals surface area contributed by atoms with E-state index >= 15 is 0 Å². The first-order chi connectivity index (χ1) is 10.2. The highest BCUT2D eigenvalue weighted by molar-refractivity contribution is 6.30. The summed E-state index contributed by atoms with van der Waals surface area (Å²) in [6, 6.07) is 7.67. The number of hydrogen-bond acceptors (Lipinski definition) is 2. The van der Waals surface area contributed by atoms with E-state index in [1.807, 2.05) is 12.1 Å². The van der Waals surface area contributed by atoms with Crippen molar-refractivity contribution in [3.63, 3.8) is 0 Å². The molecule has 1 amide bonds. The van der Waals surface area contributed by atoms with Crippen LogP contribution in [0.15, 0.2) is 36.7 Å². The topological polar surface area (TPSA) is 46.9 Å². The molecule has 4 nitrogen and oxygen atoms in total. The van der Waals surface area contributed by atoms with E-state index in [-0.39, 0.29) is 5.91 Å². The normalized spacial score (nSPS) is 15.9. The molecular weight excluding hydrogens is 286 g/mol. The minimum Gasteiger partial charge on any atom is -0.349 e. The van der Waals surface area contributed by atoms with Crippen LogP contribution in [0, 0.1) is 0 Å². The molecule has 0 spiro atoms. The highest BCUT2D eigenvalue weighted by atomic mass is 35.5. The lowest BCUT2D eigenvalue weighted by molar-refractivity contribution is 0.0927. The van der Waals surface area contributed by atoms with Crippen molar-refractivity contribution in [2.75, 3.05) is 0 Å². The largest absolute Gasteiger partial charge is 0.349 e. The standard InChI is InChI=1S/C16H18ClN3O/c17-13-6-8-15(9-7-13)20-11-12(10-18-20)16(21)19-14-4-2-1-3-5-14/h6-11,14H,1-5H2,(H,19,21). The summed E-state index contributed by atoms with van der Waals surface area (Å²) in [5.41, 5.74) is 1.48. The van der Waals surface area contributed by atoms with Gasteiger partial charge in [-0.05, 0) is 37.1 Å². The molecule has 1 aromatic carbocycles. The number of carbonyl (C=O) groups excluding carboxylic acids is 1. The molecule has 1 fully saturated rings. The molecule has 0 saturated heterocycles. The minimum absolute atomic E-state index is 0.0397. The van der Waals surface area contributed by atoms with Crippen molar-refractivity contribution in [2.24, 2.45) is 0 Å². The molecule has 5 heteroatoms. The van der Waals surface area contributed by atoms with Gasteiger partial charge in [0, 0.05) is 17.3 Å². The number of aromatic nitrogens is 2. The van der Waals surface area contributed by atoms with Crippen LogP contribution in [-0.4, -0.2) is 21.7 Å². The second kappa shape index (κ2) is 6.31. The zero-order chi connectivity index (χ0) is 14.7. The summed E-state index contributed by atoms with van der Waals surface area (Å²) in [4.78, 5) is 12.2. The molecule has 0 atom stereocenters. The van der Waals surface area contributed by atoms with Gasteiger partial charge in [0.25, 0.3) is 5.91 Å². The van der Waals surface area contributed by atoms with Gasteiger partial charge in [0.05, 0.1) is 17.4 Å². The van der Waals surface area contributed by atoms with E-state index in [2.05, 4.69) is 10.4 Å². The lowest BCUT2D eigenvalue weighted by Crippen LogP contribution is -2.35. The highest BCUT2D eigenvalue weighted by Gasteiger charge is 2.17. The first kappa shape index (κ1) is 14.1. The molecule has 21 heavy (non-hydrogen) atoms. The summed E-state index contributed by atoms with van der Waals surface area (Å²) in [7, 11) is 0. The Morgan fingerprint density at radius 3 is 2.62 bits per heavy atom. The monoisotopic (exact) mass is 303 g/mol. The van der Waals surface area contributed by atoms with Crippen molar-refractivity contribution in [3.05, 3.63) is 47.2 Å². The van der Waals surface area contributed by atoms with Gasteiger partial charge < -0.3 is 5.32 Å². The Bertz CT molecular complexity index is 615. The van der Waals surface area contributed by atoms with E-state index in [9.17, 15) is 4.79 Å². The molecule has 0 radical (unpaired) electrons. The van der Waals surface area contributed by atoms with Gasteiger partial charge in [-0.1, -0.05) is 30.9 Å². The molecule has 1 saturated carbocycles. The molecule has 1 aromatic heterocycles. The number of amides is 1. The van der Waals surface area contributed by atoms with Crippen molar-refractivity contribution in [3.8, 4) is 5.69 Å². The fraction of sp³-hybridized carbons (Fsp3) is 0.375. The fourth-order valence-electron chi connectivity index (χ4n) is 2.69. The van der Waals surface area contributed by atoms with Crippen molar-refractivity contribution >= 4 is 17.5 Å². The Morgan fingerprint density at radius 2 is 1.90 bits per heavy atom. The molecular formula is C16H18ClN3O. The first-order valence-electron chi connectivity index (χ1n) is 7.34. The van der Waals surface area contributed by atoms with E-state index in [1.165, 1.54) is 19.3 Å².